The number of fused-ring (bicyclic) bond motifs is 1. The standard InChI is InChI=1S/C14H18N2S/c1-10-5-4-8-12-14(10)16-13(17-12)9-15-11-6-2-3-7-11/h4-5,8,11,15H,2-3,6-7,9H2,1H3. The molecule has 0 unspecified atom stereocenters. The van der Waals surface area contributed by atoms with Crippen LogP contribution in [0, 0.1) is 6.92 Å². The van der Waals surface area contributed by atoms with Gasteiger partial charge in [0.2, 0.25) is 0 Å². The monoisotopic (exact) mass is 246 g/mol. The van der Waals surface area contributed by atoms with Crippen molar-refractivity contribution >= 4 is 21.6 Å². The molecule has 0 bridgehead atoms. The predicted molar refractivity (Wildman–Crippen MR) is 73.5 cm³/mol. The average molecular weight is 246 g/mol. The molecule has 0 amide bonds. The topological polar surface area (TPSA) is 24.9 Å². The number of thiazole rings is 1. The summed E-state index contributed by atoms with van der Waals surface area (Å²) in [5.41, 5.74) is 2.46. The fourth-order valence-electron chi connectivity index (χ4n) is 2.57. The molecular formula is C14H18N2S. The number of rotatable bonds is 3. The zero-order chi connectivity index (χ0) is 11.7. The number of hydrogen-bond donors (Lipinski definition) is 1. The smallest absolute Gasteiger partial charge is 0.108 e. The highest BCUT2D eigenvalue weighted by Crippen LogP contribution is 2.25. The summed E-state index contributed by atoms with van der Waals surface area (Å²) in [6.07, 6.45) is 5.45. The van der Waals surface area contributed by atoms with Gasteiger partial charge in [-0.3, -0.25) is 0 Å². The number of benzene rings is 1. The van der Waals surface area contributed by atoms with Crippen molar-refractivity contribution in [2.75, 3.05) is 0 Å². The first-order chi connectivity index (χ1) is 8.33. The molecule has 1 aromatic heterocycles. The van der Waals surface area contributed by atoms with Gasteiger partial charge in [0, 0.05) is 12.6 Å². The highest BCUT2D eigenvalue weighted by atomic mass is 32.1. The minimum atomic E-state index is 0.725. The molecule has 0 saturated heterocycles. The zero-order valence-electron chi connectivity index (χ0n) is 10.2. The molecule has 0 spiro atoms. The maximum absolute atomic E-state index is 4.73. The first kappa shape index (κ1) is 11.2. The van der Waals surface area contributed by atoms with Gasteiger partial charge in [-0.2, -0.15) is 0 Å². The lowest BCUT2D eigenvalue weighted by molar-refractivity contribution is 0.523. The van der Waals surface area contributed by atoms with E-state index in [0.717, 1.165) is 12.6 Å². The number of nitrogens with one attached hydrogen (secondary N) is 1. The van der Waals surface area contributed by atoms with Gasteiger partial charge in [0.1, 0.15) is 5.01 Å². The molecule has 2 aromatic rings. The molecule has 1 heterocycles. The fraction of sp³-hybridized carbons (Fsp3) is 0.500. The lowest BCUT2D eigenvalue weighted by Gasteiger charge is -2.09. The summed E-state index contributed by atoms with van der Waals surface area (Å²) in [7, 11) is 0. The number of aromatic nitrogens is 1. The summed E-state index contributed by atoms with van der Waals surface area (Å²) in [5.74, 6) is 0. The third kappa shape index (κ3) is 2.35. The van der Waals surface area contributed by atoms with Crippen LogP contribution in [0.2, 0.25) is 0 Å². The molecule has 1 aromatic carbocycles. The summed E-state index contributed by atoms with van der Waals surface area (Å²) in [5, 5.41) is 4.85. The molecule has 3 heteroatoms. The molecule has 1 saturated carbocycles. The van der Waals surface area contributed by atoms with Gasteiger partial charge in [0.25, 0.3) is 0 Å². The van der Waals surface area contributed by atoms with Gasteiger partial charge in [-0.05, 0) is 31.4 Å². The van der Waals surface area contributed by atoms with E-state index in [4.69, 9.17) is 4.98 Å². The minimum absolute atomic E-state index is 0.725. The maximum Gasteiger partial charge on any atom is 0.108 e. The Kier molecular flexibility index (Phi) is 3.12. The summed E-state index contributed by atoms with van der Waals surface area (Å²) >= 11 is 1.82. The summed E-state index contributed by atoms with van der Waals surface area (Å²) < 4.78 is 1.31. The van der Waals surface area contributed by atoms with Gasteiger partial charge in [-0.25, -0.2) is 4.98 Å². The molecule has 1 aliphatic carbocycles. The third-order valence-electron chi connectivity index (χ3n) is 3.56. The number of para-hydroxylation sites is 1. The molecule has 0 atom stereocenters. The molecule has 1 N–H and O–H groups in total. The molecule has 90 valence electrons. The van der Waals surface area contributed by atoms with Gasteiger partial charge in [-0.1, -0.05) is 25.0 Å². The van der Waals surface area contributed by atoms with E-state index in [1.165, 1.54) is 46.5 Å². The Bertz CT molecular complexity index is 512. The van der Waals surface area contributed by atoms with Crippen molar-refractivity contribution in [1.29, 1.82) is 0 Å². The van der Waals surface area contributed by atoms with E-state index in [0.29, 0.717) is 0 Å². The van der Waals surface area contributed by atoms with Crippen molar-refractivity contribution in [2.45, 2.75) is 45.2 Å². The van der Waals surface area contributed by atoms with Crippen LogP contribution in [0.15, 0.2) is 18.2 Å². The lowest BCUT2D eigenvalue weighted by Crippen LogP contribution is -2.25. The van der Waals surface area contributed by atoms with E-state index >= 15 is 0 Å². The van der Waals surface area contributed by atoms with E-state index in [2.05, 4.69) is 30.4 Å². The second kappa shape index (κ2) is 4.75. The second-order valence-electron chi connectivity index (χ2n) is 4.89. The second-order valence-corrected chi connectivity index (χ2v) is 6.01. The largest absolute Gasteiger partial charge is 0.308 e. The SMILES string of the molecule is Cc1cccc2sc(CNC3CCCC3)nc12. The van der Waals surface area contributed by atoms with E-state index < -0.39 is 0 Å². The van der Waals surface area contributed by atoms with Crippen LogP contribution in [0.25, 0.3) is 10.2 Å². The quantitative estimate of drug-likeness (QED) is 0.894. The Hall–Kier alpha value is -0.930. The van der Waals surface area contributed by atoms with Gasteiger partial charge in [-0.15, -0.1) is 11.3 Å². The normalized spacial score (nSPS) is 17.0. The third-order valence-corrected chi connectivity index (χ3v) is 4.58. The van der Waals surface area contributed by atoms with Crippen LogP contribution in [0.5, 0.6) is 0 Å². The van der Waals surface area contributed by atoms with Crippen molar-refractivity contribution in [3.63, 3.8) is 0 Å². The van der Waals surface area contributed by atoms with E-state index in [1.54, 1.807) is 0 Å². The molecule has 1 fully saturated rings. The first-order valence-electron chi connectivity index (χ1n) is 6.41. The molecule has 17 heavy (non-hydrogen) atoms. The average Bonchev–Trinajstić information content (AvgIpc) is 2.95. The van der Waals surface area contributed by atoms with Gasteiger partial charge < -0.3 is 5.32 Å². The summed E-state index contributed by atoms with van der Waals surface area (Å²) in [6, 6.07) is 7.14. The van der Waals surface area contributed by atoms with Crippen molar-refractivity contribution in [1.82, 2.24) is 10.3 Å². The maximum atomic E-state index is 4.73. The van der Waals surface area contributed by atoms with E-state index in [1.807, 2.05) is 11.3 Å². The summed E-state index contributed by atoms with van der Waals surface area (Å²) in [4.78, 5) is 4.73. The van der Waals surface area contributed by atoms with Crippen LogP contribution in [0.1, 0.15) is 36.3 Å². The van der Waals surface area contributed by atoms with Crippen molar-refractivity contribution in [3.05, 3.63) is 28.8 Å². The highest BCUT2D eigenvalue weighted by molar-refractivity contribution is 7.18. The minimum Gasteiger partial charge on any atom is -0.308 e. The van der Waals surface area contributed by atoms with Crippen molar-refractivity contribution < 1.29 is 0 Å². The van der Waals surface area contributed by atoms with Crippen LogP contribution >= 0.6 is 11.3 Å². The highest BCUT2D eigenvalue weighted by Gasteiger charge is 2.14. The molecule has 3 rings (SSSR count). The molecule has 1 aliphatic rings. The fourth-order valence-corrected chi connectivity index (χ4v) is 3.57. The Morgan fingerprint density at radius 3 is 2.94 bits per heavy atom. The molecular weight excluding hydrogens is 228 g/mol. The van der Waals surface area contributed by atoms with Crippen molar-refractivity contribution in [2.24, 2.45) is 0 Å². The predicted octanol–water partition coefficient (Wildman–Crippen LogP) is 3.64. The molecule has 0 radical (unpaired) electrons. The Balaban J connectivity index is 1.74. The first-order valence-corrected chi connectivity index (χ1v) is 7.23. The van der Waals surface area contributed by atoms with Gasteiger partial charge in [0.15, 0.2) is 0 Å². The van der Waals surface area contributed by atoms with Crippen LogP contribution < -0.4 is 5.32 Å². The lowest BCUT2D eigenvalue weighted by atomic mass is 10.2. The van der Waals surface area contributed by atoms with Gasteiger partial charge >= 0.3 is 0 Å². The number of hydrogen-bond acceptors (Lipinski definition) is 3. The number of nitrogens with zero attached hydrogens (tertiary/aromatic N) is 1. The van der Waals surface area contributed by atoms with E-state index in [-0.39, 0.29) is 0 Å². The van der Waals surface area contributed by atoms with Crippen LogP contribution in [0.3, 0.4) is 0 Å². The van der Waals surface area contributed by atoms with Crippen LogP contribution in [-0.4, -0.2) is 11.0 Å². The van der Waals surface area contributed by atoms with Crippen LogP contribution in [0.4, 0.5) is 0 Å². The molecule has 2 nitrogen and oxygen atoms in total. The summed E-state index contributed by atoms with van der Waals surface area (Å²) in [6.45, 7) is 3.07. The van der Waals surface area contributed by atoms with Crippen molar-refractivity contribution in [3.8, 4) is 0 Å². The zero-order valence-corrected chi connectivity index (χ0v) is 11.0. The Labute approximate surface area is 106 Å². The van der Waals surface area contributed by atoms with Gasteiger partial charge in [0.05, 0.1) is 10.2 Å². The Morgan fingerprint density at radius 2 is 2.18 bits per heavy atom. The van der Waals surface area contributed by atoms with Crippen LogP contribution in [-0.2, 0) is 6.54 Å². The Morgan fingerprint density at radius 1 is 1.35 bits per heavy atom. The number of aryl methyl sites for hydroxylation is 1. The van der Waals surface area contributed by atoms with E-state index in [9.17, 15) is 0 Å². The molecule has 0 aliphatic heterocycles.